The summed E-state index contributed by atoms with van der Waals surface area (Å²) in [5.41, 5.74) is 12.8. The van der Waals surface area contributed by atoms with Crippen molar-refractivity contribution in [1.82, 2.24) is 35.9 Å². The summed E-state index contributed by atoms with van der Waals surface area (Å²) >= 11 is 0. The molecule has 23 nitrogen and oxygen atoms in total. The maximum atomic E-state index is 12.3. The van der Waals surface area contributed by atoms with E-state index in [0.29, 0.717) is 54.5 Å². The van der Waals surface area contributed by atoms with Crippen LogP contribution in [-0.2, 0) is 20.2 Å². The normalized spacial score (nSPS) is 11.1. The number of aromatic carboxylic acids is 1. The van der Waals surface area contributed by atoms with E-state index in [0.717, 1.165) is 51.4 Å². The summed E-state index contributed by atoms with van der Waals surface area (Å²) in [7, 11) is -8.71. The molecule has 75 heavy (non-hydrogen) atoms. The fourth-order valence-electron chi connectivity index (χ4n) is 6.29. The lowest BCUT2D eigenvalue weighted by atomic mass is 10.2. The molecule has 6 rings (SSSR count). The van der Waals surface area contributed by atoms with E-state index < -0.39 is 26.2 Å². The number of pyridine rings is 4. The number of carbonyl (C=O) groups is 4. The van der Waals surface area contributed by atoms with Crippen LogP contribution < -0.4 is 32.5 Å². The number of aromatic nitrogens is 4. The number of benzene rings is 2. The molecule has 0 aliphatic heterocycles. The van der Waals surface area contributed by atoms with E-state index >= 15 is 0 Å². The maximum absolute atomic E-state index is 12.3. The number of carboxylic acid groups (broad SMARTS) is 1. The van der Waals surface area contributed by atoms with Crippen LogP contribution >= 0.6 is 0 Å². The Morgan fingerprint density at radius 3 is 1.21 bits per heavy atom. The monoisotopic (exact) mass is 1070 g/mol. The van der Waals surface area contributed by atoms with Crippen molar-refractivity contribution in [3.63, 3.8) is 0 Å². The summed E-state index contributed by atoms with van der Waals surface area (Å²) in [6, 6.07) is 24.7. The molecule has 3 amide bonds. The first-order chi connectivity index (χ1) is 36.1. The van der Waals surface area contributed by atoms with Gasteiger partial charge in [-0.25, -0.2) is 14.8 Å². The molecule has 25 heteroatoms. The lowest BCUT2D eigenvalue weighted by Gasteiger charge is -2.07. The average Bonchev–Trinajstić information content (AvgIpc) is 3.41. The van der Waals surface area contributed by atoms with Crippen LogP contribution in [0.2, 0.25) is 0 Å². The summed E-state index contributed by atoms with van der Waals surface area (Å²) in [5, 5.41) is 24.8. The minimum absolute atomic E-state index is 0.135. The van der Waals surface area contributed by atoms with E-state index in [4.69, 9.17) is 10.8 Å². The molecule has 0 bridgehead atoms. The summed E-state index contributed by atoms with van der Waals surface area (Å²) in [6.07, 6.45) is 18.8. The van der Waals surface area contributed by atoms with Crippen LogP contribution in [0.1, 0.15) is 104 Å². The molecule has 4 aromatic heterocycles. The number of nitrogens with zero attached hydrogens (tertiary/aromatic N) is 6. The minimum Gasteiger partial charge on any atom is -0.478 e. The number of rotatable bonds is 25. The van der Waals surface area contributed by atoms with Gasteiger partial charge in [-0.2, -0.15) is 27.0 Å². The Hall–Kier alpha value is -8.36. The number of amides is 3. The SMILES string of the molecule is NCCCCCCNC(=O)c1ccc(NN=Cc2ccccc2S(=O)(=O)O)nc1.O=C(NCCCCCCNC(=O)c1ccc(NN=Cc2ccccc2S(=O)(=O)O)nc1)c1cccnc1.O=C(O)c1cccnc1. The molecular weight excluding hydrogens is 1010 g/mol. The molecule has 0 atom stereocenters. The van der Waals surface area contributed by atoms with Crippen molar-refractivity contribution < 1.29 is 50.2 Å². The Labute approximate surface area is 434 Å². The molecule has 4 heterocycles. The highest BCUT2D eigenvalue weighted by atomic mass is 32.2. The van der Waals surface area contributed by atoms with Gasteiger partial charge in [-0.3, -0.25) is 44.3 Å². The Kier molecular flexibility index (Phi) is 25.2. The van der Waals surface area contributed by atoms with Crippen molar-refractivity contribution in [2.45, 2.75) is 61.2 Å². The van der Waals surface area contributed by atoms with Crippen LogP contribution in [0.5, 0.6) is 0 Å². The average molecular weight is 1070 g/mol. The van der Waals surface area contributed by atoms with Crippen LogP contribution in [0, 0.1) is 0 Å². The number of hydrogen-bond donors (Lipinski definition) is 9. The number of hydrazone groups is 2. The Bertz CT molecular complexity index is 3030. The molecule has 0 unspecified atom stereocenters. The van der Waals surface area contributed by atoms with Gasteiger partial charge in [-0.1, -0.05) is 62.1 Å². The van der Waals surface area contributed by atoms with Crippen LogP contribution in [0.15, 0.2) is 154 Å². The molecule has 0 radical (unpaired) electrons. The second-order valence-electron chi connectivity index (χ2n) is 15.8. The van der Waals surface area contributed by atoms with Gasteiger partial charge in [0.2, 0.25) is 0 Å². The van der Waals surface area contributed by atoms with Crippen molar-refractivity contribution in [3.8, 4) is 0 Å². The van der Waals surface area contributed by atoms with E-state index in [9.17, 15) is 45.1 Å². The highest BCUT2D eigenvalue weighted by Gasteiger charge is 2.15. The Balaban J connectivity index is 0.000000283. The molecule has 2 aromatic carbocycles. The molecule has 0 fully saturated rings. The summed E-state index contributed by atoms with van der Waals surface area (Å²) in [4.78, 5) is 61.7. The van der Waals surface area contributed by atoms with E-state index in [1.165, 1.54) is 85.9 Å². The number of anilines is 2. The number of unbranched alkanes of at least 4 members (excludes halogenated alkanes) is 6. The quantitative estimate of drug-likeness (QED) is 0.0144. The first kappa shape index (κ1) is 59.2. The lowest BCUT2D eigenvalue weighted by molar-refractivity contribution is 0.0695. The van der Waals surface area contributed by atoms with Gasteiger partial charge in [0.05, 0.1) is 34.7 Å². The molecule has 396 valence electrons. The number of nitrogens with one attached hydrogen (secondary N) is 5. The number of carboxylic acids is 1. The summed E-state index contributed by atoms with van der Waals surface area (Å²) < 4.78 is 64.0. The number of hydrogen-bond acceptors (Lipinski definition) is 17. The molecule has 0 spiro atoms. The second-order valence-corrected chi connectivity index (χ2v) is 18.6. The van der Waals surface area contributed by atoms with Crippen molar-refractivity contribution in [1.29, 1.82) is 0 Å². The summed E-state index contributed by atoms with van der Waals surface area (Å²) in [6.45, 7) is 2.40. The van der Waals surface area contributed by atoms with E-state index in [1.807, 2.05) is 0 Å². The zero-order valence-electron chi connectivity index (χ0n) is 40.5. The molecular formula is C50H58N12O11S2. The fraction of sp³-hybridized carbons (Fsp3) is 0.240. The molecule has 0 saturated carbocycles. The molecule has 0 saturated heterocycles. The smallest absolute Gasteiger partial charge is 0.337 e. The molecule has 0 aliphatic carbocycles. The van der Waals surface area contributed by atoms with Crippen molar-refractivity contribution >= 4 is 68.0 Å². The molecule has 0 aliphatic rings. The lowest BCUT2D eigenvalue weighted by Crippen LogP contribution is -2.25. The highest BCUT2D eigenvalue weighted by Crippen LogP contribution is 2.15. The van der Waals surface area contributed by atoms with Crippen LogP contribution in [0.4, 0.5) is 11.6 Å². The van der Waals surface area contributed by atoms with Gasteiger partial charge in [-0.15, -0.1) is 0 Å². The topological polar surface area (TPSA) is 360 Å². The van der Waals surface area contributed by atoms with Crippen molar-refractivity contribution in [2.24, 2.45) is 15.9 Å². The van der Waals surface area contributed by atoms with Crippen LogP contribution in [-0.4, -0.2) is 113 Å². The first-order valence-electron chi connectivity index (χ1n) is 23.3. The van der Waals surface area contributed by atoms with Gasteiger partial charge in [-0.05, 0) is 92.9 Å². The second kappa shape index (κ2) is 32.0. The van der Waals surface area contributed by atoms with Gasteiger partial charge in [0, 0.05) is 67.9 Å². The van der Waals surface area contributed by atoms with Crippen LogP contribution in [0.25, 0.3) is 0 Å². The maximum Gasteiger partial charge on any atom is 0.337 e. The largest absolute Gasteiger partial charge is 0.478 e. The highest BCUT2D eigenvalue weighted by molar-refractivity contribution is 7.86. The van der Waals surface area contributed by atoms with Gasteiger partial charge >= 0.3 is 5.97 Å². The zero-order chi connectivity index (χ0) is 54.3. The first-order valence-corrected chi connectivity index (χ1v) is 26.2. The fourth-order valence-corrected chi connectivity index (χ4v) is 7.63. The number of carbonyl (C=O) groups excluding carboxylic acids is 3. The van der Waals surface area contributed by atoms with Gasteiger partial charge < -0.3 is 26.8 Å². The van der Waals surface area contributed by atoms with E-state index in [-0.39, 0.29) is 44.2 Å². The van der Waals surface area contributed by atoms with Crippen molar-refractivity contribution in [3.05, 3.63) is 168 Å². The van der Waals surface area contributed by atoms with Gasteiger partial charge in [0.1, 0.15) is 21.4 Å². The predicted molar refractivity (Wildman–Crippen MR) is 282 cm³/mol. The third-order valence-electron chi connectivity index (χ3n) is 10.1. The summed E-state index contributed by atoms with van der Waals surface area (Å²) in [5.74, 6) is -0.786. The Morgan fingerprint density at radius 2 is 0.880 bits per heavy atom. The Morgan fingerprint density at radius 1 is 0.493 bits per heavy atom. The van der Waals surface area contributed by atoms with Gasteiger partial charge in [0.15, 0.2) is 0 Å². The minimum atomic E-state index is -4.37. The van der Waals surface area contributed by atoms with E-state index in [2.05, 4.69) is 56.9 Å². The third kappa shape index (κ3) is 22.5. The number of nitrogens with two attached hydrogens (primary N) is 1. The van der Waals surface area contributed by atoms with E-state index in [1.54, 1.807) is 60.8 Å². The van der Waals surface area contributed by atoms with Crippen LogP contribution in [0.3, 0.4) is 0 Å². The molecule has 6 aromatic rings. The predicted octanol–water partition coefficient (Wildman–Crippen LogP) is 5.69. The third-order valence-corrected chi connectivity index (χ3v) is 12.0. The van der Waals surface area contributed by atoms with Gasteiger partial charge in [0.25, 0.3) is 38.0 Å². The zero-order valence-corrected chi connectivity index (χ0v) is 42.2. The standard InChI is InChI=1S/C25H28N6O5S.C19H25N5O4S.C6H5NO2/c32-24(20-9-7-13-26-16-20)27-14-5-1-2-6-15-28-25(33)21-11-12-23(29-17-21)31-30-18-19-8-3-4-10-22(19)37(34,35)36;20-11-5-1-2-6-12-21-19(25)16-9-10-18(22-13-16)24-23-14-15-7-3-4-8-17(15)29(26,27)28;8-6(9)5-2-1-3-7-4-5/h3-4,7-13,16-18H,1-2,5-6,14-15H2,(H,27,32)(H,28,33)(H,29,31)(H,34,35,36);3-4,7-10,13-14H,1-2,5-6,11-12,20H2,(H,21,25)(H,22,24)(H,26,27,28);1-4H,(H,8,9). The molecule has 10 N–H and O–H groups in total. The van der Waals surface area contributed by atoms with Crippen molar-refractivity contribution in [2.75, 3.05) is 37.0 Å².